The van der Waals surface area contributed by atoms with E-state index in [0.717, 1.165) is 6.07 Å². The zero-order chi connectivity index (χ0) is 21.4. The lowest BCUT2D eigenvalue weighted by Gasteiger charge is -2.25. The Morgan fingerprint density at radius 2 is 1.93 bits per heavy atom. The first kappa shape index (κ1) is 19.5. The third-order valence-electron chi connectivity index (χ3n) is 4.72. The Morgan fingerprint density at radius 1 is 1.17 bits per heavy atom. The van der Waals surface area contributed by atoms with Gasteiger partial charge in [0.15, 0.2) is 17.5 Å². The highest BCUT2D eigenvalue weighted by atomic mass is 19.2. The number of carbonyl (C=O) groups is 2. The number of ether oxygens (including phenoxy) is 1. The average molecular weight is 416 g/mol. The van der Waals surface area contributed by atoms with Crippen molar-refractivity contribution in [2.45, 2.75) is 12.5 Å². The van der Waals surface area contributed by atoms with Crippen LogP contribution >= 0.6 is 0 Å². The summed E-state index contributed by atoms with van der Waals surface area (Å²) in [6.45, 7) is 0. The van der Waals surface area contributed by atoms with Gasteiger partial charge in [-0.15, -0.1) is 0 Å². The minimum Gasteiger partial charge on any atom is -0.496 e. The van der Waals surface area contributed by atoms with Crippen LogP contribution in [-0.2, 0) is 9.59 Å². The van der Waals surface area contributed by atoms with E-state index in [2.05, 4.69) is 15.7 Å². The SMILES string of the molecule is COc1ccccc1-c1cnn2c1NC(=O)CC2C(=O)Nc1ccc(F)c(F)c1F. The molecule has 0 spiro atoms. The van der Waals surface area contributed by atoms with Crippen molar-refractivity contribution in [2.75, 3.05) is 17.7 Å². The summed E-state index contributed by atoms with van der Waals surface area (Å²) in [6, 6.07) is 7.54. The molecule has 0 saturated heterocycles. The van der Waals surface area contributed by atoms with Crippen LogP contribution in [-0.4, -0.2) is 28.7 Å². The van der Waals surface area contributed by atoms with Gasteiger partial charge in [-0.1, -0.05) is 18.2 Å². The number of anilines is 2. The van der Waals surface area contributed by atoms with Crippen LogP contribution in [0.15, 0.2) is 42.6 Å². The lowest BCUT2D eigenvalue weighted by Crippen LogP contribution is -2.36. The molecule has 1 unspecified atom stereocenters. The molecule has 154 valence electrons. The Labute approximate surface area is 168 Å². The van der Waals surface area contributed by atoms with Gasteiger partial charge in [0.1, 0.15) is 17.6 Å². The molecule has 7 nitrogen and oxygen atoms in total. The van der Waals surface area contributed by atoms with Gasteiger partial charge in [-0.3, -0.25) is 9.59 Å². The average Bonchev–Trinajstić information content (AvgIpc) is 3.16. The van der Waals surface area contributed by atoms with Gasteiger partial charge >= 0.3 is 0 Å². The molecule has 30 heavy (non-hydrogen) atoms. The lowest BCUT2D eigenvalue weighted by molar-refractivity contribution is -0.125. The van der Waals surface area contributed by atoms with E-state index in [0.29, 0.717) is 22.9 Å². The van der Waals surface area contributed by atoms with Crippen LogP contribution in [0.2, 0.25) is 0 Å². The van der Waals surface area contributed by atoms with Crippen LogP contribution in [0.3, 0.4) is 0 Å². The van der Waals surface area contributed by atoms with Gasteiger partial charge in [0.05, 0.1) is 25.4 Å². The molecule has 10 heteroatoms. The quantitative estimate of drug-likeness (QED) is 0.638. The molecule has 1 aromatic heterocycles. The number of fused-ring (bicyclic) bond motifs is 1. The molecule has 2 N–H and O–H groups in total. The van der Waals surface area contributed by atoms with E-state index in [-0.39, 0.29) is 12.2 Å². The Balaban J connectivity index is 1.70. The number of nitrogens with one attached hydrogen (secondary N) is 2. The molecule has 2 amide bonds. The summed E-state index contributed by atoms with van der Waals surface area (Å²) in [5, 5.41) is 9.07. The second-order valence-corrected chi connectivity index (χ2v) is 6.53. The van der Waals surface area contributed by atoms with Crippen LogP contribution in [0.4, 0.5) is 24.7 Å². The van der Waals surface area contributed by atoms with E-state index in [9.17, 15) is 22.8 Å². The Bertz CT molecular complexity index is 1160. The number of methoxy groups -OCH3 is 1. The molecule has 0 aliphatic carbocycles. The third kappa shape index (κ3) is 3.25. The number of rotatable bonds is 4. The number of hydrogen-bond acceptors (Lipinski definition) is 4. The Morgan fingerprint density at radius 3 is 2.70 bits per heavy atom. The second kappa shape index (κ2) is 7.54. The predicted octanol–water partition coefficient (Wildman–Crippen LogP) is 3.50. The summed E-state index contributed by atoms with van der Waals surface area (Å²) in [4.78, 5) is 25.0. The zero-order valence-electron chi connectivity index (χ0n) is 15.6. The van der Waals surface area contributed by atoms with E-state index in [1.807, 2.05) is 0 Å². The van der Waals surface area contributed by atoms with Crippen molar-refractivity contribution < 1.29 is 27.5 Å². The number of hydrogen-bond donors (Lipinski definition) is 2. The van der Waals surface area contributed by atoms with Crippen LogP contribution in [0.1, 0.15) is 12.5 Å². The van der Waals surface area contributed by atoms with Gasteiger partial charge in [0.2, 0.25) is 11.8 Å². The number of carbonyl (C=O) groups excluding carboxylic acids is 2. The summed E-state index contributed by atoms with van der Waals surface area (Å²) in [7, 11) is 1.50. The largest absolute Gasteiger partial charge is 0.496 e. The molecule has 0 radical (unpaired) electrons. The highest BCUT2D eigenvalue weighted by molar-refractivity contribution is 6.03. The standard InChI is InChI=1S/C20H15F3N4O3/c1-30-15-5-3-2-4-10(15)11-9-24-27-14(8-16(28)26-19(11)27)20(29)25-13-7-6-12(21)17(22)18(13)23/h2-7,9,14H,8H2,1H3,(H,25,29)(H,26,28). The highest BCUT2D eigenvalue weighted by Gasteiger charge is 2.34. The van der Waals surface area contributed by atoms with E-state index >= 15 is 0 Å². The van der Waals surface area contributed by atoms with Gasteiger partial charge < -0.3 is 15.4 Å². The maximum atomic E-state index is 13.9. The summed E-state index contributed by atoms with van der Waals surface area (Å²) in [6.07, 6.45) is 1.20. The van der Waals surface area contributed by atoms with E-state index in [4.69, 9.17) is 4.74 Å². The van der Waals surface area contributed by atoms with Crippen molar-refractivity contribution in [3.8, 4) is 16.9 Å². The predicted molar refractivity (Wildman–Crippen MR) is 101 cm³/mol. The molecule has 1 aliphatic heterocycles. The van der Waals surface area contributed by atoms with Gasteiger partial charge in [-0.2, -0.15) is 5.10 Å². The first-order chi connectivity index (χ1) is 14.4. The molecule has 3 aromatic rings. The fourth-order valence-corrected chi connectivity index (χ4v) is 3.27. The molecule has 1 atom stereocenters. The van der Waals surface area contributed by atoms with Crippen LogP contribution < -0.4 is 15.4 Å². The summed E-state index contributed by atoms with van der Waals surface area (Å²) < 4.78 is 47.1. The van der Waals surface area contributed by atoms with Crippen molar-refractivity contribution >= 4 is 23.3 Å². The highest BCUT2D eigenvalue weighted by Crippen LogP contribution is 2.38. The maximum Gasteiger partial charge on any atom is 0.249 e. The maximum absolute atomic E-state index is 13.9. The normalized spacial score (nSPS) is 15.3. The fraction of sp³-hybridized carbons (Fsp3) is 0.150. The minimum absolute atomic E-state index is 0.265. The zero-order valence-corrected chi connectivity index (χ0v) is 15.6. The monoisotopic (exact) mass is 416 g/mol. The van der Waals surface area contributed by atoms with E-state index in [1.54, 1.807) is 24.3 Å². The number of para-hydroxylation sites is 1. The summed E-state index contributed by atoms with van der Waals surface area (Å²) in [5.41, 5.74) is 0.634. The molecule has 2 heterocycles. The number of halogens is 3. The number of amides is 2. The molecule has 0 fully saturated rings. The number of nitrogens with zero attached hydrogens (tertiary/aromatic N) is 2. The van der Waals surface area contributed by atoms with Crippen molar-refractivity contribution in [1.29, 1.82) is 0 Å². The van der Waals surface area contributed by atoms with Gasteiger partial charge in [-0.25, -0.2) is 17.9 Å². The molecule has 1 aliphatic rings. The topological polar surface area (TPSA) is 85.2 Å². The van der Waals surface area contributed by atoms with Gasteiger partial charge in [0, 0.05) is 11.1 Å². The second-order valence-electron chi connectivity index (χ2n) is 6.53. The fourth-order valence-electron chi connectivity index (χ4n) is 3.27. The molecular weight excluding hydrogens is 401 g/mol. The number of aromatic nitrogens is 2. The van der Waals surface area contributed by atoms with Crippen molar-refractivity contribution in [3.05, 3.63) is 60.0 Å². The Hall–Kier alpha value is -3.82. The van der Waals surface area contributed by atoms with Crippen LogP contribution in [0.5, 0.6) is 5.75 Å². The Kier molecular flexibility index (Phi) is 4.90. The molecule has 0 bridgehead atoms. The number of benzene rings is 2. The molecule has 0 saturated carbocycles. The lowest BCUT2D eigenvalue weighted by atomic mass is 10.1. The van der Waals surface area contributed by atoms with Crippen molar-refractivity contribution in [2.24, 2.45) is 0 Å². The van der Waals surface area contributed by atoms with Crippen molar-refractivity contribution in [1.82, 2.24) is 9.78 Å². The first-order valence-electron chi connectivity index (χ1n) is 8.85. The minimum atomic E-state index is -1.70. The molecule has 2 aromatic carbocycles. The van der Waals surface area contributed by atoms with Crippen molar-refractivity contribution in [3.63, 3.8) is 0 Å². The van der Waals surface area contributed by atoms with Crippen LogP contribution in [0, 0.1) is 17.5 Å². The van der Waals surface area contributed by atoms with E-state index < -0.39 is 41.0 Å². The van der Waals surface area contributed by atoms with Gasteiger partial charge in [0.25, 0.3) is 0 Å². The van der Waals surface area contributed by atoms with E-state index in [1.165, 1.54) is 18.0 Å². The smallest absolute Gasteiger partial charge is 0.249 e. The van der Waals surface area contributed by atoms with Gasteiger partial charge in [-0.05, 0) is 18.2 Å². The summed E-state index contributed by atoms with van der Waals surface area (Å²) >= 11 is 0. The molecular formula is C20H15F3N4O3. The van der Waals surface area contributed by atoms with Crippen LogP contribution in [0.25, 0.3) is 11.1 Å². The third-order valence-corrected chi connectivity index (χ3v) is 4.72. The summed E-state index contributed by atoms with van der Waals surface area (Å²) in [5.74, 6) is -5.06. The molecule has 4 rings (SSSR count). The first-order valence-corrected chi connectivity index (χ1v) is 8.85.